The summed E-state index contributed by atoms with van der Waals surface area (Å²) in [6, 6.07) is 1.27. The van der Waals surface area contributed by atoms with Gasteiger partial charge in [0.1, 0.15) is 4.88 Å². The highest BCUT2D eigenvalue weighted by Crippen LogP contribution is 2.36. The highest BCUT2D eigenvalue weighted by Gasteiger charge is 2.36. The van der Waals surface area contributed by atoms with Gasteiger partial charge in [-0.2, -0.15) is 0 Å². The van der Waals surface area contributed by atoms with Gasteiger partial charge in [-0.1, -0.05) is 18.8 Å². The first-order valence-electron chi connectivity index (χ1n) is 13.1. The van der Waals surface area contributed by atoms with Crippen LogP contribution in [0, 0.1) is 29.1 Å². The Morgan fingerprint density at radius 3 is 2.31 bits per heavy atom. The number of hydrogen-bond donors (Lipinski definition) is 1. The predicted molar refractivity (Wildman–Crippen MR) is 144 cm³/mol. The second kappa shape index (κ2) is 11.8. The van der Waals surface area contributed by atoms with Crippen LogP contribution in [0.1, 0.15) is 81.3 Å². The van der Waals surface area contributed by atoms with Crippen LogP contribution in [0.3, 0.4) is 0 Å². The van der Waals surface area contributed by atoms with Gasteiger partial charge in [-0.3, -0.25) is 9.59 Å². The number of rotatable bonds is 6. The lowest BCUT2D eigenvalue weighted by molar-refractivity contribution is -0.133. The van der Waals surface area contributed by atoms with Gasteiger partial charge in [0.25, 0.3) is 0 Å². The molecule has 198 valence electrons. The second-order valence-corrected chi connectivity index (χ2v) is 12.6. The van der Waals surface area contributed by atoms with E-state index in [1.165, 1.54) is 0 Å². The molecule has 1 aromatic rings. The molecule has 0 bridgehead atoms. The summed E-state index contributed by atoms with van der Waals surface area (Å²) in [6.07, 6.45) is 3.71. The van der Waals surface area contributed by atoms with Crippen LogP contribution in [-0.2, 0) is 9.59 Å². The van der Waals surface area contributed by atoms with Crippen molar-refractivity contribution in [3.8, 4) is 11.8 Å². The number of piperazine rings is 1. The topological polar surface area (TPSA) is 81.2 Å². The summed E-state index contributed by atoms with van der Waals surface area (Å²) in [5.74, 6) is 5.55. The van der Waals surface area contributed by atoms with Gasteiger partial charge < -0.3 is 19.8 Å². The van der Waals surface area contributed by atoms with Gasteiger partial charge in [0, 0.05) is 50.0 Å². The van der Waals surface area contributed by atoms with E-state index >= 15 is 0 Å². The molecule has 8 heteroatoms. The summed E-state index contributed by atoms with van der Waals surface area (Å²) in [4.78, 5) is 45.7. The first-order chi connectivity index (χ1) is 16.9. The highest BCUT2D eigenvalue weighted by molar-refractivity contribution is 7.15. The number of carboxylic acids is 1. The molecular weight excluding hydrogens is 474 g/mol. The zero-order chi connectivity index (χ0) is 26.6. The molecule has 1 saturated carbocycles. The fraction of sp³-hybridized carbons (Fsp3) is 0.679. The largest absolute Gasteiger partial charge is 0.477 e. The number of likely N-dealkylation sites (N-methyl/N-ethyl adjacent to an activating group) is 1. The van der Waals surface area contributed by atoms with E-state index in [2.05, 4.69) is 23.7 Å². The van der Waals surface area contributed by atoms with Crippen molar-refractivity contribution in [1.29, 1.82) is 0 Å². The quantitative estimate of drug-likeness (QED) is 0.562. The Balaban J connectivity index is 1.94. The molecule has 0 radical (unpaired) electrons. The van der Waals surface area contributed by atoms with Crippen LogP contribution in [0.2, 0.25) is 0 Å². The van der Waals surface area contributed by atoms with Crippen LogP contribution in [0.15, 0.2) is 6.07 Å². The molecule has 1 N–H and O–H groups in total. The Morgan fingerprint density at radius 2 is 1.75 bits per heavy atom. The third kappa shape index (κ3) is 7.33. The van der Waals surface area contributed by atoms with Gasteiger partial charge in [-0.05, 0) is 72.4 Å². The minimum Gasteiger partial charge on any atom is -0.477 e. The minimum atomic E-state index is -1.08. The number of carboxylic acid groups (broad SMARTS) is 1. The molecule has 2 amide bonds. The normalized spacial score (nSPS) is 21.9. The Bertz CT molecular complexity index is 1020. The first-order valence-corrected chi connectivity index (χ1v) is 13.9. The summed E-state index contributed by atoms with van der Waals surface area (Å²) < 4.78 is 0. The van der Waals surface area contributed by atoms with E-state index in [0.29, 0.717) is 29.6 Å². The predicted octanol–water partition coefficient (Wildman–Crippen LogP) is 4.56. The van der Waals surface area contributed by atoms with E-state index < -0.39 is 12.0 Å². The SMILES string of the molecule is C[C@@H](CC(=O)N1CCN(C)CC1)N(c1cc(C#CC(C)(C)C)sc1C(=O)O)C(=O)[C@H]1CC[C@H](C)CC1. The van der Waals surface area contributed by atoms with E-state index in [4.69, 9.17) is 0 Å². The third-order valence-electron chi connectivity index (χ3n) is 7.10. The lowest BCUT2D eigenvalue weighted by Gasteiger charge is -2.36. The molecule has 3 rings (SSSR count). The van der Waals surface area contributed by atoms with Crippen molar-refractivity contribution in [1.82, 2.24) is 9.80 Å². The van der Waals surface area contributed by atoms with Crippen molar-refractivity contribution in [2.45, 2.75) is 72.8 Å². The van der Waals surface area contributed by atoms with Gasteiger partial charge in [0.2, 0.25) is 11.8 Å². The second-order valence-electron chi connectivity index (χ2n) is 11.5. The third-order valence-corrected chi connectivity index (χ3v) is 8.12. The molecule has 7 nitrogen and oxygen atoms in total. The Morgan fingerprint density at radius 1 is 1.14 bits per heavy atom. The van der Waals surface area contributed by atoms with Crippen molar-refractivity contribution in [2.24, 2.45) is 17.3 Å². The molecule has 2 heterocycles. The summed E-state index contributed by atoms with van der Waals surface area (Å²) in [6.45, 7) is 13.1. The number of aromatic carboxylic acids is 1. The zero-order valence-corrected chi connectivity index (χ0v) is 23.4. The number of amides is 2. The fourth-order valence-electron chi connectivity index (χ4n) is 4.83. The number of carbonyl (C=O) groups excluding carboxylic acids is 2. The molecule has 2 fully saturated rings. The van der Waals surface area contributed by atoms with Crippen molar-refractivity contribution in [3.05, 3.63) is 15.8 Å². The maximum absolute atomic E-state index is 13.9. The lowest BCUT2D eigenvalue weighted by Crippen LogP contribution is -2.50. The van der Waals surface area contributed by atoms with Gasteiger partial charge in [-0.15, -0.1) is 11.3 Å². The van der Waals surface area contributed by atoms with Gasteiger partial charge in [0.15, 0.2) is 0 Å². The standard InChI is InChI=1S/C28H41N3O4S/c1-19-7-9-21(10-8-19)26(33)31(20(2)17-24(32)30-15-13-29(6)14-16-30)23-18-22(11-12-28(3,4)5)36-25(23)27(34)35/h18-21H,7-10,13-17H2,1-6H3,(H,34,35)/t19-,20-,21-/m0/s1. The van der Waals surface area contributed by atoms with Crippen LogP contribution in [0.4, 0.5) is 5.69 Å². The van der Waals surface area contributed by atoms with E-state index in [1.54, 1.807) is 11.0 Å². The summed E-state index contributed by atoms with van der Waals surface area (Å²) >= 11 is 1.10. The van der Waals surface area contributed by atoms with Gasteiger partial charge >= 0.3 is 5.97 Å². The van der Waals surface area contributed by atoms with Gasteiger partial charge in [-0.25, -0.2) is 4.79 Å². The fourth-order valence-corrected chi connectivity index (χ4v) is 5.67. The molecule has 1 atom stereocenters. The maximum atomic E-state index is 13.9. The Labute approximate surface area is 219 Å². The lowest BCUT2D eigenvalue weighted by atomic mass is 9.82. The van der Waals surface area contributed by atoms with Gasteiger partial charge in [0.05, 0.1) is 10.6 Å². The van der Waals surface area contributed by atoms with Crippen LogP contribution in [0.5, 0.6) is 0 Å². The van der Waals surface area contributed by atoms with Crippen LogP contribution in [-0.4, -0.2) is 72.0 Å². The van der Waals surface area contributed by atoms with E-state index in [0.717, 1.165) is 50.1 Å². The van der Waals surface area contributed by atoms with E-state index in [-0.39, 0.29) is 34.4 Å². The van der Waals surface area contributed by atoms with E-state index in [9.17, 15) is 19.5 Å². The molecule has 1 saturated heterocycles. The minimum absolute atomic E-state index is 0.00511. The molecule has 0 spiro atoms. The molecule has 1 aliphatic carbocycles. The van der Waals surface area contributed by atoms with Crippen LogP contribution < -0.4 is 4.90 Å². The molecule has 1 aromatic heterocycles. The average molecular weight is 516 g/mol. The molecule has 2 aliphatic rings. The number of carbonyl (C=O) groups is 3. The summed E-state index contributed by atoms with van der Waals surface area (Å²) in [5, 5.41) is 10.0. The molecule has 0 unspecified atom stereocenters. The molecule has 1 aliphatic heterocycles. The summed E-state index contributed by atoms with van der Waals surface area (Å²) in [7, 11) is 2.04. The van der Waals surface area contributed by atoms with Crippen LogP contribution in [0.25, 0.3) is 0 Å². The molecule has 0 aromatic carbocycles. The smallest absolute Gasteiger partial charge is 0.348 e. The van der Waals surface area contributed by atoms with Crippen molar-refractivity contribution < 1.29 is 19.5 Å². The molecule has 36 heavy (non-hydrogen) atoms. The first kappa shape index (κ1) is 28.2. The number of nitrogens with zero attached hydrogens (tertiary/aromatic N) is 3. The molecular formula is C28H41N3O4S. The Kier molecular flexibility index (Phi) is 9.23. The van der Waals surface area contributed by atoms with Crippen molar-refractivity contribution in [2.75, 3.05) is 38.1 Å². The Hall–Kier alpha value is -2.37. The monoisotopic (exact) mass is 515 g/mol. The zero-order valence-electron chi connectivity index (χ0n) is 22.6. The number of anilines is 1. The van der Waals surface area contributed by atoms with E-state index in [1.807, 2.05) is 39.6 Å². The van der Waals surface area contributed by atoms with Crippen LogP contribution >= 0.6 is 11.3 Å². The van der Waals surface area contributed by atoms with Crippen molar-refractivity contribution in [3.63, 3.8) is 0 Å². The number of thiophene rings is 1. The van der Waals surface area contributed by atoms with Crippen molar-refractivity contribution >= 4 is 34.8 Å². The average Bonchev–Trinajstić information content (AvgIpc) is 3.22. The summed E-state index contributed by atoms with van der Waals surface area (Å²) in [5.41, 5.74) is 0.136. The maximum Gasteiger partial charge on any atom is 0.348 e. The highest BCUT2D eigenvalue weighted by atomic mass is 32.1. The number of hydrogen-bond acceptors (Lipinski definition) is 5.